The summed E-state index contributed by atoms with van der Waals surface area (Å²) < 4.78 is 41.8. The van der Waals surface area contributed by atoms with Crippen LogP contribution in [0.25, 0.3) is 17.2 Å². The fourth-order valence-corrected chi connectivity index (χ4v) is 4.64. The number of carbonyl (C=O) groups excluding carboxylic acids is 1. The van der Waals surface area contributed by atoms with Gasteiger partial charge in [0.25, 0.3) is 15.9 Å². The van der Waals surface area contributed by atoms with Gasteiger partial charge in [0.1, 0.15) is 5.82 Å². The summed E-state index contributed by atoms with van der Waals surface area (Å²) in [5, 5.41) is 3.19. The van der Waals surface area contributed by atoms with Crippen molar-refractivity contribution in [3.63, 3.8) is 0 Å². The molecule has 1 amide bonds. The highest BCUT2D eigenvalue weighted by molar-refractivity contribution is 7.90. The molecule has 34 heavy (non-hydrogen) atoms. The Morgan fingerprint density at radius 2 is 1.62 bits per heavy atom. The van der Waals surface area contributed by atoms with Gasteiger partial charge in [-0.1, -0.05) is 30.3 Å². The maximum absolute atomic E-state index is 14.9. The van der Waals surface area contributed by atoms with E-state index >= 15 is 0 Å². The van der Waals surface area contributed by atoms with Crippen molar-refractivity contribution in [1.82, 2.24) is 4.72 Å². The molecule has 0 aliphatic carbocycles. The SMILES string of the molecule is CC(=Cc1cc(C)c(-c2ccc(NC(C)C)cc2F)cc1C)C(=O)NS(=O)(=O)c1ccccc1. The summed E-state index contributed by atoms with van der Waals surface area (Å²) in [4.78, 5) is 12.6. The highest BCUT2D eigenvalue weighted by Gasteiger charge is 2.18. The summed E-state index contributed by atoms with van der Waals surface area (Å²) in [6, 6.07) is 16.8. The second-order valence-electron chi connectivity index (χ2n) is 8.59. The van der Waals surface area contributed by atoms with Crippen LogP contribution in [-0.2, 0) is 14.8 Å². The van der Waals surface area contributed by atoms with Crippen molar-refractivity contribution >= 4 is 27.7 Å². The van der Waals surface area contributed by atoms with E-state index in [9.17, 15) is 17.6 Å². The maximum atomic E-state index is 14.9. The molecular weight excluding hydrogens is 451 g/mol. The Labute approximate surface area is 200 Å². The zero-order valence-corrected chi connectivity index (χ0v) is 20.8. The fraction of sp³-hybridized carbons (Fsp3) is 0.222. The number of amides is 1. The number of nitrogens with one attached hydrogen (secondary N) is 2. The Kier molecular flexibility index (Phi) is 7.57. The van der Waals surface area contributed by atoms with Crippen LogP contribution >= 0.6 is 0 Å². The average Bonchev–Trinajstić information content (AvgIpc) is 2.76. The first-order valence-electron chi connectivity index (χ1n) is 11.0. The molecule has 0 radical (unpaired) electrons. The first-order valence-corrected chi connectivity index (χ1v) is 12.4. The molecule has 0 saturated carbocycles. The van der Waals surface area contributed by atoms with Crippen LogP contribution in [0.3, 0.4) is 0 Å². The van der Waals surface area contributed by atoms with Crippen LogP contribution in [0.1, 0.15) is 37.5 Å². The summed E-state index contributed by atoms with van der Waals surface area (Å²) >= 11 is 0. The molecule has 0 unspecified atom stereocenters. The zero-order chi connectivity index (χ0) is 25.0. The first-order chi connectivity index (χ1) is 16.0. The third kappa shape index (κ3) is 5.91. The molecule has 0 saturated heterocycles. The van der Waals surface area contributed by atoms with Crippen molar-refractivity contribution < 1.29 is 17.6 Å². The minimum atomic E-state index is -3.96. The lowest BCUT2D eigenvalue weighted by Gasteiger charge is -2.14. The van der Waals surface area contributed by atoms with Crippen molar-refractivity contribution in [1.29, 1.82) is 0 Å². The van der Waals surface area contributed by atoms with E-state index < -0.39 is 15.9 Å². The number of anilines is 1. The molecule has 0 fully saturated rings. The van der Waals surface area contributed by atoms with E-state index in [0.717, 1.165) is 27.9 Å². The Hall–Kier alpha value is -3.45. The number of hydrogen-bond donors (Lipinski definition) is 2. The van der Waals surface area contributed by atoms with Gasteiger partial charge in [0.05, 0.1) is 4.90 Å². The predicted molar refractivity (Wildman–Crippen MR) is 135 cm³/mol. The highest BCUT2D eigenvalue weighted by Crippen LogP contribution is 2.31. The molecule has 0 atom stereocenters. The number of carbonyl (C=O) groups is 1. The van der Waals surface area contributed by atoms with Gasteiger partial charge in [-0.3, -0.25) is 4.79 Å². The van der Waals surface area contributed by atoms with Crippen LogP contribution in [0.15, 0.2) is 71.1 Å². The van der Waals surface area contributed by atoms with E-state index in [2.05, 4.69) is 10.0 Å². The second kappa shape index (κ2) is 10.2. The quantitative estimate of drug-likeness (QED) is 0.417. The van der Waals surface area contributed by atoms with Gasteiger partial charge in [-0.15, -0.1) is 0 Å². The molecule has 0 spiro atoms. The Morgan fingerprint density at radius 1 is 0.941 bits per heavy atom. The van der Waals surface area contributed by atoms with Crippen LogP contribution in [0, 0.1) is 19.7 Å². The van der Waals surface area contributed by atoms with Gasteiger partial charge in [-0.05, 0) is 93.3 Å². The van der Waals surface area contributed by atoms with Gasteiger partial charge < -0.3 is 5.32 Å². The molecule has 3 rings (SSSR count). The molecule has 3 aromatic carbocycles. The van der Waals surface area contributed by atoms with Crippen LogP contribution in [0.2, 0.25) is 0 Å². The Balaban J connectivity index is 1.86. The van der Waals surface area contributed by atoms with Gasteiger partial charge >= 0.3 is 0 Å². The standard InChI is InChI=1S/C27H29FN2O3S/c1-17(2)29-22-11-12-24(26(28)16-22)25-15-18(3)21(13-19(25)4)14-20(5)27(31)30-34(32,33)23-9-7-6-8-10-23/h6-17,29H,1-5H3,(H,30,31). The highest BCUT2D eigenvalue weighted by atomic mass is 32.2. The maximum Gasteiger partial charge on any atom is 0.264 e. The van der Waals surface area contributed by atoms with Crippen LogP contribution in [0.5, 0.6) is 0 Å². The van der Waals surface area contributed by atoms with Crippen LogP contribution in [-0.4, -0.2) is 20.4 Å². The molecule has 5 nitrogen and oxygen atoms in total. The number of rotatable bonds is 7. The topological polar surface area (TPSA) is 75.3 Å². The molecule has 0 bridgehead atoms. The van der Waals surface area contributed by atoms with E-state index in [1.807, 2.05) is 45.9 Å². The van der Waals surface area contributed by atoms with Crippen molar-refractivity contribution in [3.05, 3.63) is 88.7 Å². The third-order valence-electron chi connectivity index (χ3n) is 5.34. The smallest absolute Gasteiger partial charge is 0.264 e. The third-order valence-corrected chi connectivity index (χ3v) is 6.69. The van der Waals surface area contributed by atoms with E-state index in [-0.39, 0.29) is 22.3 Å². The number of halogens is 1. The van der Waals surface area contributed by atoms with Gasteiger partial charge in [-0.25, -0.2) is 17.5 Å². The molecule has 0 aromatic heterocycles. The molecule has 0 heterocycles. The summed E-state index contributed by atoms with van der Waals surface area (Å²) in [7, 11) is -3.96. The van der Waals surface area contributed by atoms with E-state index in [0.29, 0.717) is 5.56 Å². The summed E-state index contributed by atoms with van der Waals surface area (Å²) in [5.74, 6) is -1.03. The van der Waals surface area contributed by atoms with Gasteiger partial charge in [-0.2, -0.15) is 0 Å². The lowest BCUT2D eigenvalue weighted by molar-refractivity contribution is -0.115. The molecular formula is C27H29FN2O3S. The van der Waals surface area contributed by atoms with Crippen LogP contribution in [0.4, 0.5) is 10.1 Å². The lowest BCUT2D eigenvalue weighted by atomic mass is 9.93. The molecule has 7 heteroatoms. The minimum Gasteiger partial charge on any atom is -0.383 e. The van der Waals surface area contributed by atoms with E-state index in [1.165, 1.54) is 18.2 Å². The number of aryl methyl sites for hydroxylation is 2. The number of sulfonamides is 1. The molecule has 2 N–H and O–H groups in total. The zero-order valence-electron chi connectivity index (χ0n) is 19.9. The Bertz CT molecular complexity index is 1350. The number of hydrogen-bond acceptors (Lipinski definition) is 4. The molecule has 178 valence electrons. The predicted octanol–water partition coefficient (Wildman–Crippen LogP) is 5.84. The van der Waals surface area contributed by atoms with Crippen molar-refractivity contribution in [2.75, 3.05) is 5.32 Å². The summed E-state index contributed by atoms with van der Waals surface area (Å²) in [6.07, 6.45) is 1.63. The van der Waals surface area contributed by atoms with Crippen molar-refractivity contribution in [3.8, 4) is 11.1 Å². The molecule has 0 aliphatic rings. The molecule has 0 aliphatic heterocycles. The second-order valence-corrected chi connectivity index (χ2v) is 10.3. The van der Waals surface area contributed by atoms with Crippen molar-refractivity contribution in [2.45, 2.75) is 45.6 Å². The number of benzene rings is 3. The van der Waals surface area contributed by atoms with E-state index in [4.69, 9.17) is 0 Å². The largest absolute Gasteiger partial charge is 0.383 e. The van der Waals surface area contributed by atoms with Gasteiger partial charge in [0.15, 0.2) is 0 Å². The molecule has 3 aromatic rings. The van der Waals surface area contributed by atoms with Gasteiger partial charge in [0, 0.05) is 22.9 Å². The normalized spacial score (nSPS) is 12.0. The first kappa shape index (κ1) is 25.2. The monoisotopic (exact) mass is 480 g/mol. The van der Waals surface area contributed by atoms with Crippen molar-refractivity contribution in [2.24, 2.45) is 0 Å². The van der Waals surface area contributed by atoms with Gasteiger partial charge in [0.2, 0.25) is 0 Å². The summed E-state index contributed by atoms with van der Waals surface area (Å²) in [5.41, 5.74) is 4.64. The van der Waals surface area contributed by atoms with E-state index in [1.54, 1.807) is 37.3 Å². The summed E-state index contributed by atoms with van der Waals surface area (Å²) in [6.45, 7) is 9.28. The minimum absolute atomic E-state index is 0.0177. The van der Waals surface area contributed by atoms with Crippen LogP contribution < -0.4 is 10.0 Å². The fourth-order valence-electron chi connectivity index (χ4n) is 3.60. The lowest BCUT2D eigenvalue weighted by Crippen LogP contribution is -2.31. The Morgan fingerprint density at radius 3 is 2.24 bits per heavy atom. The average molecular weight is 481 g/mol.